The molecule has 1 fully saturated rings. The normalized spacial score (nSPS) is 20.6. The molecule has 4 N–H and O–H groups in total. The van der Waals surface area contributed by atoms with Crippen molar-refractivity contribution in [3.63, 3.8) is 0 Å². The minimum Gasteiger partial charge on any atom is -0.493 e. The maximum absolute atomic E-state index is 12.0. The van der Waals surface area contributed by atoms with Crippen molar-refractivity contribution in [3.05, 3.63) is 47.4 Å². The number of carboxylic acids is 2. The minimum atomic E-state index is -1.77. The lowest BCUT2D eigenvalue weighted by atomic mass is 10.0. The van der Waals surface area contributed by atoms with Crippen LogP contribution < -0.4 is 20.1 Å². The molecule has 2 heterocycles. The highest BCUT2D eigenvalue weighted by atomic mass is 16.5. The van der Waals surface area contributed by atoms with Crippen molar-refractivity contribution in [2.45, 2.75) is 12.1 Å². The third-order valence-electron chi connectivity index (χ3n) is 5.31. The molecule has 1 atom stereocenters. The highest BCUT2D eigenvalue weighted by molar-refractivity contribution is 6.01. The van der Waals surface area contributed by atoms with Crippen molar-refractivity contribution in [3.8, 4) is 11.5 Å². The highest BCUT2D eigenvalue weighted by Gasteiger charge is 2.42. The summed E-state index contributed by atoms with van der Waals surface area (Å²) < 4.78 is 16.8. The predicted molar refractivity (Wildman–Crippen MR) is 119 cm³/mol. The van der Waals surface area contributed by atoms with Crippen LogP contribution in [-0.4, -0.2) is 86.0 Å². The number of benzene rings is 1. The number of rotatable bonds is 10. The van der Waals surface area contributed by atoms with Crippen LogP contribution in [0.2, 0.25) is 0 Å². The minimum absolute atomic E-state index is 0.0433. The maximum atomic E-state index is 12.0. The van der Waals surface area contributed by atoms with Crippen LogP contribution in [0.4, 0.5) is 0 Å². The number of nitrogens with one attached hydrogen (secondary N) is 2. The summed E-state index contributed by atoms with van der Waals surface area (Å²) in [5.74, 6) is -1.18. The Morgan fingerprint density at radius 2 is 1.97 bits per heavy atom. The molecular weight excluding hydrogens is 432 g/mol. The van der Waals surface area contributed by atoms with E-state index in [1.807, 2.05) is 17.0 Å². The van der Waals surface area contributed by atoms with Crippen LogP contribution in [0.3, 0.4) is 0 Å². The van der Waals surface area contributed by atoms with E-state index in [1.54, 1.807) is 12.3 Å². The number of para-hydroxylation sites is 1. The van der Waals surface area contributed by atoms with Crippen LogP contribution >= 0.6 is 0 Å². The Balaban J connectivity index is 1.87. The van der Waals surface area contributed by atoms with Gasteiger partial charge in [-0.3, -0.25) is 4.99 Å². The van der Waals surface area contributed by atoms with E-state index in [1.165, 1.54) is 20.4 Å². The van der Waals surface area contributed by atoms with Gasteiger partial charge in [0.15, 0.2) is 11.5 Å². The molecule has 1 saturated heterocycles. The third-order valence-corrected chi connectivity index (χ3v) is 5.31. The summed E-state index contributed by atoms with van der Waals surface area (Å²) in [6, 6.07) is 5.42. The number of methoxy groups -OCH3 is 2. The Morgan fingerprint density at radius 1 is 1.21 bits per heavy atom. The fourth-order valence-electron chi connectivity index (χ4n) is 3.75. The first-order valence-electron chi connectivity index (χ1n) is 10.4. The van der Waals surface area contributed by atoms with Crippen molar-refractivity contribution in [1.29, 1.82) is 0 Å². The summed E-state index contributed by atoms with van der Waals surface area (Å²) >= 11 is 0. The van der Waals surface area contributed by atoms with Gasteiger partial charge in [0.2, 0.25) is 5.72 Å². The van der Waals surface area contributed by atoms with Gasteiger partial charge in [0.25, 0.3) is 0 Å². The lowest BCUT2D eigenvalue weighted by Crippen LogP contribution is -2.58. The van der Waals surface area contributed by atoms with Crippen LogP contribution in [0.1, 0.15) is 5.56 Å². The second-order valence-corrected chi connectivity index (χ2v) is 7.34. The molecule has 2 aliphatic rings. The molecule has 0 spiro atoms. The molecule has 0 aromatic heterocycles. The van der Waals surface area contributed by atoms with Gasteiger partial charge in [0.05, 0.1) is 33.2 Å². The quantitative estimate of drug-likeness (QED) is 0.363. The molecular formula is C22H28N4O7. The molecule has 1 unspecified atom stereocenters. The molecule has 178 valence electrons. The van der Waals surface area contributed by atoms with Crippen LogP contribution in [0.25, 0.3) is 0 Å². The van der Waals surface area contributed by atoms with E-state index in [9.17, 15) is 19.8 Å². The van der Waals surface area contributed by atoms with Crippen LogP contribution in [0.15, 0.2) is 46.9 Å². The third kappa shape index (κ3) is 5.62. The molecule has 1 aromatic carbocycles. The van der Waals surface area contributed by atoms with Gasteiger partial charge in [-0.1, -0.05) is 12.1 Å². The molecule has 11 nitrogen and oxygen atoms in total. The van der Waals surface area contributed by atoms with E-state index in [0.29, 0.717) is 42.9 Å². The molecule has 0 radical (unpaired) electrons. The van der Waals surface area contributed by atoms with Gasteiger partial charge >= 0.3 is 11.9 Å². The summed E-state index contributed by atoms with van der Waals surface area (Å²) in [5, 5.41) is 25.4. The number of carbonyl (C=O) groups is 2. The van der Waals surface area contributed by atoms with Crippen molar-refractivity contribution in [2.24, 2.45) is 4.99 Å². The second kappa shape index (κ2) is 10.8. The Hall–Kier alpha value is -3.57. The fraction of sp³-hybridized carbons (Fsp3) is 0.409. The first-order valence-corrected chi connectivity index (χ1v) is 10.4. The van der Waals surface area contributed by atoms with E-state index >= 15 is 0 Å². The zero-order valence-electron chi connectivity index (χ0n) is 18.5. The van der Waals surface area contributed by atoms with Gasteiger partial charge in [-0.2, -0.15) is 0 Å². The zero-order valence-corrected chi connectivity index (χ0v) is 18.5. The summed E-state index contributed by atoms with van der Waals surface area (Å²) in [6.07, 6.45) is 3.81. The van der Waals surface area contributed by atoms with Gasteiger partial charge in [0.1, 0.15) is 11.4 Å². The molecule has 0 saturated carbocycles. The SMILES string of the molecule is COc1cccc(CCOC2(/C(=C/C(=O)O)C(=O)O)C=NC=C(N3CCNCC3)N2)c1OC. The lowest BCUT2D eigenvalue weighted by Gasteiger charge is -2.40. The Morgan fingerprint density at radius 3 is 2.61 bits per heavy atom. The Labute approximate surface area is 191 Å². The second-order valence-electron chi connectivity index (χ2n) is 7.34. The number of carboxylic acid groups (broad SMARTS) is 2. The molecule has 33 heavy (non-hydrogen) atoms. The van der Waals surface area contributed by atoms with Gasteiger partial charge in [-0.15, -0.1) is 0 Å². The van der Waals surface area contributed by atoms with Gasteiger partial charge in [-0.25, -0.2) is 9.59 Å². The maximum Gasteiger partial charge on any atom is 0.337 e. The summed E-state index contributed by atoms with van der Waals surface area (Å²) in [5.41, 5.74) is -1.47. The van der Waals surface area contributed by atoms with Gasteiger partial charge < -0.3 is 40.0 Å². The number of nitrogens with zero attached hydrogens (tertiary/aromatic N) is 2. The fourth-order valence-corrected chi connectivity index (χ4v) is 3.75. The van der Waals surface area contributed by atoms with E-state index in [0.717, 1.165) is 18.7 Å². The van der Waals surface area contributed by atoms with E-state index in [-0.39, 0.29) is 6.61 Å². The molecule has 0 amide bonds. The van der Waals surface area contributed by atoms with Crippen LogP contribution in [0, 0.1) is 0 Å². The molecule has 2 aliphatic heterocycles. The van der Waals surface area contributed by atoms with Gasteiger partial charge in [0, 0.05) is 37.8 Å². The van der Waals surface area contributed by atoms with Crippen molar-refractivity contribution >= 4 is 18.2 Å². The van der Waals surface area contributed by atoms with Crippen molar-refractivity contribution < 1.29 is 34.0 Å². The summed E-state index contributed by atoms with van der Waals surface area (Å²) in [6.45, 7) is 2.90. The summed E-state index contributed by atoms with van der Waals surface area (Å²) in [7, 11) is 3.07. The average Bonchev–Trinajstić information content (AvgIpc) is 2.82. The number of hydrogen-bond acceptors (Lipinski definition) is 9. The number of piperazine rings is 1. The Bertz CT molecular complexity index is 969. The standard InChI is InChI=1S/C22H28N4O7/c1-31-17-5-3-4-15(20(17)32-2)6-11-33-22(16(21(29)30)12-19(27)28)14-24-13-18(25-22)26-9-7-23-8-10-26/h3-5,12-14,23,25H,6-11H2,1-2H3,(H,27,28)(H,29,30)/b16-12+. The topological polar surface area (TPSA) is 142 Å². The number of hydrogen-bond donors (Lipinski definition) is 4. The van der Waals surface area contributed by atoms with E-state index in [2.05, 4.69) is 15.6 Å². The molecule has 1 aromatic rings. The van der Waals surface area contributed by atoms with E-state index in [4.69, 9.17) is 14.2 Å². The molecule has 11 heteroatoms. The van der Waals surface area contributed by atoms with Crippen molar-refractivity contribution in [1.82, 2.24) is 15.5 Å². The van der Waals surface area contributed by atoms with E-state index < -0.39 is 23.2 Å². The number of aliphatic carboxylic acids is 2. The monoisotopic (exact) mass is 460 g/mol. The zero-order chi connectivity index (χ0) is 23.8. The smallest absolute Gasteiger partial charge is 0.337 e. The largest absolute Gasteiger partial charge is 0.493 e. The van der Waals surface area contributed by atoms with Crippen molar-refractivity contribution in [2.75, 3.05) is 47.0 Å². The molecule has 3 rings (SSSR count). The first-order chi connectivity index (χ1) is 15.9. The lowest BCUT2D eigenvalue weighted by molar-refractivity contribution is -0.137. The number of aliphatic imine (C=N–C) groups is 1. The van der Waals surface area contributed by atoms with Gasteiger partial charge in [-0.05, 0) is 12.5 Å². The average molecular weight is 460 g/mol. The molecule has 0 aliphatic carbocycles. The first kappa shape index (κ1) is 24.1. The number of ether oxygens (including phenoxy) is 3. The molecule has 0 bridgehead atoms. The van der Waals surface area contributed by atoms with Crippen LogP contribution in [-0.2, 0) is 20.7 Å². The summed E-state index contributed by atoms with van der Waals surface area (Å²) in [4.78, 5) is 29.6. The van der Waals surface area contributed by atoms with Crippen LogP contribution in [0.5, 0.6) is 11.5 Å². The predicted octanol–water partition coefficient (Wildman–Crippen LogP) is 0.433. The highest BCUT2D eigenvalue weighted by Crippen LogP contribution is 2.31. The Kier molecular flexibility index (Phi) is 7.91.